The van der Waals surface area contributed by atoms with Gasteiger partial charge in [0.05, 0.1) is 6.10 Å². The van der Waals surface area contributed by atoms with E-state index in [-0.39, 0.29) is 24.6 Å². The first-order valence-corrected chi connectivity index (χ1v) is 7.69. The Bertz CT molecular complexity index is 186. The summed E-state index contributed by atoms with van der Waals surface area (Å²) in [5.41, 5.74) is 6.07. The van der Waals surface area contributed by atoms with Crippen LogP contribution < -0.4 is 5.73 Å². The lowest BCUT2D eigenvalue weighted by atomic mass is 9.84. The number of thioether (sulfide) groups is 1. The van der Waals surface area contributed by atoms with Crippen LogP contribution in [-0.2, 0) is 0 Å². The van der Waals surface area contributed by atoms with Crippen molar-refractivity contribution in [2.24, 2.45) is 11.7 Å². The minimum absolute atomic E-state index is 0. The lowest BCUT2D eigenvalue weighted by molar-refractivity contribution is 0.147. The first-order valence-electron chi connectivity index (χ1n) is 6.65. The van der Waals surface area contributed by atoms with Crippen molar-refractivity contribution < 1.29 is 5.11 Å². The largest absolute Gasteiger partial charge is 0.391 e. The van der Waals surface area contributed by atoms with E-state index in [9.17, 15) is 5.11 Å². The van der Waals surface area contributed by atoms with E-state index in [0.29, 0.717) is 5.25 Å². The number of aliphatic hydroxyl groups is 1. The number of nitrogens with two attached hydrogens (primary N) is 1. The Kier molecular flexibility index (Phi) is 9.80. The highest BCUT2D eigenvalue weighted by atomic mass is 35.5. The molecular formula is C13H28ClNOS. The molecule has 0 saturated heterocycles. The fourth-order valence-electron chi connectivity index (χ4n) is 2.38. The molecule has 17 heavy (non-hydrogen) atoms. The van der Waals surface area contributed by atoms with Crippen LogP contribution in [0.15, 0.2) is 0 Å². The van der Waals surface area contributed by atoms with Gasteiger partial charge in [0, 0.05) is 11.8 Å². The molecule has 1 aliphatic rings. The highest BCUT2D eigenvalue weighted by molar-refractivity contribution is 7.99. The van der Waals surface area contributed by atoms with Gasteiger partial charge in [-0.25, -0.2) is 0 Å². The Morgan fingerprint density at radius 1 is 1.24 bits per heavy atom. The van der Waals surface area contributed by atoms with E-state index in [1.807, 2.05) is 0 Å². The monoisotopic (exact) mass is 281 g/mol. The second-order valence-corrected chi connectivity index (χ2v) is 6.96. The quantitative estimate of drug-likeness (QED) is 0.786. The van der Waals surface area contributed by atoms with Crippen LogP contribution in [0, 0.1) is 5.92 Å². The predicted molar refractivity (Wildman–Crippen MR) is 80.0 cm³/mol. The summed E-state index contributed by atoms with van der Waals surface area (Å²) < 4.78 is 0. The van der Waals surface area contributed by atoms with Gasteiger partial charge in [0.1, 0.15) is 0 Å². The van der Waals surface area contributed by atoms with Gasteiger partial charge in [0.2, 0.25) is 0 Å². The summed E-state index contributed by atoms with van der Waals surface area (Å²) in [5, 5.41) is 10.5. The van der Waals surface area contributed by atoms with E-state index >= 15 is 0 Å². The maximum absolute atomic E-state index is 9.95. The molecule has 0 radical (unpaired) electrons. The molecular weight excluding hydrogens is 254 g/mol. The van der Waals surface area contributed by atoms with Gasteiger partial charge in [-0.1, -0.05) is 46.0 Å². The van der Waals surface area contributed by atoms with Crippen LogP contribution in [0.1, 0.15) is 52.4 Å². The van der Waals surface area contributed by atoms with Gasteiger partial charge in [-0.2, -0.15) is 11.8 Å². The molecule has 0 amide bonds. The zero-order valence-electron chi connectivity index (χ0n) is 11.1. The van der Waals surface area contributed by atoms with E-state index < -0.39 is 0 Å². The molecule has 0 aromatic heterocycles. The smallest absolute Gasteiger partial charge is 0.0781 e. The number of hydrogen-bond acceptors (Lipinski definition) is 3. The Hall–Kier alpha value is 0.560. The van der Waals surface area contributed by atoms with Gasteiger partial charge in [-0.3, -0.25) is 0 Å². The van der Waals surface area contributed by atoms with Crippen molar-refractivity contribution in [1.29, 1.82) is 0 Å². The van der Waals surface area contributed by atoms with E-state index in [4.69, 9.17) is 5.73 Å². The number of hydrogen-bond donors (Lipinski definition) is 2. The summed E-state index contributed by atoms with van der Waals surface area (Å²) in [6.07, 6.45) is 7.42. The topological polar surface area (TPSA) is 46.2 Å². The summed E-state index contributed by atoms with van der Waals surface area (Å²) in [5.74, 6) is 1.55. The summed E-state index contributed by atoms with van der Waals surface area (Å²) in [4.78, 5) is 0. The summed E-state index contributed by atoms with van der Waals surface area (Å²) in [6, 6.07) is -0.0191. The minimum atomic E-state index is -0.325. The van der Waals surface area contributed by atoms with Crippen LogP contribution >= 0.6 is 24.2 Å². The minimum Gasteiger partial charge on any atom is -0.391 e. The average molecular weight is 282 g/mol. The van der Waals surface area contributed by atoms with E-state index in [0.717, 1.165) is 18.1 Å². The zero-order valence-corrected chi connectivity index (χ0v) is 12.7. The van der Waals surface area contributed by atoms with Crippen molar-refractivity contribution in [3.8, 4) is 0 Å². The number of aliphatic hydroxyl groups excluding tert-OH is 1. The van der Waals surface area contributed by atoms with Crippen LogP contribution in [0.25, 0.3) is 0 Å². The molecule has 1 aliphatic carbocycles. The molecule has 3 N–H and O–H groups in total. The molecule has 0 aromatic rings. The molecule has 1 saturated carbocycles. The van der Waals surface area contributed by atoms with Gasteiger partial charge < -0.3 is 10.8 Å². The number of halogens is 1. The molecule has 2 nitrogen and oxygen atoms in total. The highest BCUT2D eigenvalue weighted by Crippen LogP contribution is 2.28. The molecule has 2 atom stereocenters. The Morgan fingerprint density at radius 2 is 1.82 bits per heavy atom. The Morgan fingerprint density at radius 3 is 2.35 bits per heavy atom. The van der Waals surface area contributed by atoms with E-state index in [1.165, 1.54) is 32.1 Å². The van der Waals surface area contributed by atoms with Gasteiger partial charge in [-0.05, 0) is 17.6 Å². The molecule has 0 spiro atoms. The maximum Gasteiger partial charge on any atom is 0.0781 e. The molecule has 0 heterocycles. The zero-order chi connectivity index (χ0) is 12.0. The van der Waals surface area contributed by atoms with Crippen molar-refractivity contribution in [3.05, 3.63) is 0 Å². The summed E-state index contributed by atoms with van der Waals surface area (Å²) >= 11 is 1.80. The van der Waals surface area contributed by atoms with Crippen LogP contribution in [0.5, 0.6) is 0 Å². The fraction of sp³-hybridized carbons (Fsp3) is 1.00. The summed E-state index contributed by atoms with van der Waals surface area (Å²) in [6.45, 7) is 4.31. The lowest BCUT2D eigenvalue weighted by Crippen LogP contribution is -2.38. The molecule has 104 valence electrons. The van der Waals surface area contributed by atoms with Crippen LogP contribution in [0.3, 0.4) is 0 Å². The SMILES string of the molecule is CC(C)SCC(O)C(N)CC1CCCCC1.Cl. The first kappa shape index (κ1) is 17.6. The van der Waals surface area contributed by atoms with Gasteiger partial charge in [0.15, 0.2) is 0 Å². The lowest BCUT2D eigenvalue weighted by Gasteiger charge is -2.27. The molecule has 1 rings (SSSR count). The number of rotatable bonds is 6. The molecule has 0 aromatic carbocycles. The molecule has 4 heteroatoms. The fourth-order valence-corrected chi connectivity index (χ4v) is 3.21. The average Bonchev–Trinajstić information content (AvgIpc) is 2.27. The van der Waals surface area contributed by atoms with Crippen molar-refractivity contribution in [1.82, 2.24) is 0 Å². The van der Waals surface area contributed by atoms with Crippen LogP contribution in [0.4, 0.5) is 0 Å². The Balaban J connectivity index is 0.00000256. The van der Waals surface area contributed by atoms with E-state index in [2.05, 4.69) is 13.8 Å². The molecule has 0 aliphatic heterocycles. The highest BCUT2D eigenvalue weighted by Gasteiger charge is 2.21. The maximum atomic E-state index is 9.95. The standard InChI is InChI=1S/C13H27NOS.ClH/c1-10(2)16-9-13(15)12(14)8-11-6-4-3-5-7-11;/h10-13,15H,3-9,14H2,1-2H3;1H. The molecule has 2 unspecified atom stereocenters. The third-order valence-corrected chi connectivity index (χ3v) is 4.63. The second-order valence-electron chi connectivity index (χ2n) is 5.35. The molecule has 1 fully saturated rings. The molecule has 0 bridgehead atoms. The third kappa shape index (κ3) is 7.55. The normalized spacial score (nSPS) is 21.0. The van der Waals surface area contributed by atoms with Crippen LogP contribution in [-0.4, -0.2) is 28.3 Å². The van der Waals surface area contributed by atoms with E-state index in [1.54, 1.807) is 11.8 Å². The first-order chi connectivity index (χ1) is 7.59. The van der Waals surface area contributed by atoms with Gasteiger partial charge >= 0.3 is 0 Å². The predicted octanol–water partition coefficient (Wildman–Crippen LogP) is 3.21. The van der Waals surface area contributed by atoms with Crippen molar-refractivity contribution in [2.45, 2.75) is 69.8 Å². The van der Waals surface area contributed by atoms with Crippen LogP contribution in [0.2, 0.25) is 0 Å². The van der Waals surface area contributed by atoms with Gasteiger partial charge in [0.25, 0.3) is 0 Å². The van der Waals surface area contributed by atoms with Gasteiger partial charge in [-0.15, -0.1) is 12.4 Å². The third-order valence-electron chi connectivity index (χ3n) is 3.42. The Labute approximate surface area is 117 Å². The van der Waals surface area contributed by atoms with Crippen molar-refractivity contribution in [2.75, 3.05) is 5.75 Å². The summed E-state index contributed by atoms with van der Waals surface area (Å²) in [7, 11) is 0. The van der Waals surface area contributed by atoms with Crippen molar-refractivity contribution in [3.63, 3.8) is 0 Å². The van der Waals surface area contributed by atoms with Crippen molar-refractivity contribution >= 4 is 24.2 Å². The second kappa shape index (κ2) is 9.48.